The summed E-state index contributed by atoms with van der Waals surface area (Å²) in [6.07, 6.45) is 11.7. The number of thiazole rings is 1. The lowest BCUT2D eigenvalue weighted by Crippen LogP contribution is -2.41. The van der Waals surface area contributed by atoms with Gasteiger partial charge in [0.15, 0.2) is 11.5 Å². The number of fused-ring (bicyclic) bond motifs is 1. The molecule has 1 aliphatic heterocycles. The molecule has 210 valence electrons. The van der Waals surface area contributed by atoms with E-state index >= 15 is 0 Å². The SMILES string of the molecule is O=C([C@H]1CC[C@H](O)CC1)N(C[C@H]1CC[C@H](c2ccc3c(c2)OCO3)CC1)c1cccc(-c2cnc(C3CC3)s2)c1. The first-order valence-electron chi connectivity index (χ1n) is 15.1. The van der Waals surface area contributed by atoms with Crippen molar-refractivity contribution in [1.29, 1.82) is 0 Å². The van der Waals surface area contributed by atoms with Gasteiger partial charge in [-0.25, -0.2) is 4.98 Å². The van der Waals surface area contributed by atoms with Crippen LogP contribution in [0.2, 0.25) is 0 Å². The highest BCUT2D eigenvalue weighted by atomic mass is 32.1. The second-order valence-corrected chi connectivity index (χ2v) is 13.2. The van der Waals surface area contributed by atoms with Crippen LogP contribution in [0.4, 0.5) is 5.69 Å². The van der Waals surface area contributed by atoms with Gasteiger partial charge in [-0.3, -0.25) is 4.79 Å². The molecule has 3 aromatic rings. The molecule has 1 amide bonds. The average molecular weight is 559 g/mol. The standard InChI is InChI=1S/C33H38N2O4S/c36-28-13-10-24(11-14-28)33(37)35(27-3-1-2-26(16-27)31-18-34-32(40-31)23-8-9-23)19-21-4-6-22(7-5-21)25-12-15-29-30(17-25)39-20-38-29/h1-3,12,15-18,21-24,28,36H,4-11,13-14,19-20H2/t21-,22-,24-,28-. The van der Waals surface area contributed by atoms with E-state index < -0.39 is 0 Å². The minimum atomic E-state index is -0.265. The lowest BCUT2D eigenvalue weighted by molar-refractivity contribution is -0.124. The number of carbonyl (C=O) groups excluding carboxylic acids is 1. The van der Waals surface area contributed by atoms with E-state index in [4.69, 9.17) is 9.47 Å². The average Bonchev–Trinajstić information content (AvgIpc) is 3.52. The van der Waals surface area contributed by atoms with Gasteiger partial charge in [0.05, 0.1) is 16.0 Å². The smallest absolute Gasteiger partial charge is 0.231 e. The van der Waals surface area contributed by atoms with Crippen LogP contribution in [0.15, 0.2) is 48.7 Å². The Morgan fingerprint density at radius 1 is 0.900 bits per heavy atom. The Labute approximate surface area is 240 Å². The number of rotatable bonds is 7. The zero-order chi connectivity index (χ0) is 27.1. The number of nitrogens with zero attached hydrogens (tertiary/aromatic N) is 2. The molecule has 3 saturated carbocycles. The third-order valence-corrected chi connectivity index (χ3v) is 10.6. The summed E-state index contributed by atoms with van der Waals surface area (Å²) in [6.45, 7) is 1.06. The van der Waals surface area contributed by atoms with Gasteiger partial charge in [-0.05, 0) is 111 Å². The summed E-state index contributed by atoms with van der Waals surface area (Å²) in [5.74, 6) is 3.55. The molecule has 7 heteroatoms. The number of amides is 1. The molecule has 0 saturated heterocycles. The summed E-state index contributed by atoms with van der Waals surface area (Å²) in [5, 5.41) is 11.3. The molecule has 0 spiro atoms. The number of anilines is 1. The van der Waals surface area contributed by atoms with Gasteiger partial charge in [-0.2, -0.15) is 0 Å². The highest BCUT2D eigenvalue weighted by Gasteiger charge is 2.33. The van der Waals surface area contributed by atoms with Crippen LogP contribution in [0.5, 0.6) is 11.5 Å². The van der Waals surface area contributed by atoms with E-state index in [9.17, 15) is 9.90 Å². The fourth-order valence-corrected chi connectivity index (χ4v) is 7.82. The molecule has 1 N–H and O–H groups in total. The molecule has 0 radical (unpaired) electrons. The van der Waals surface area contributed by atoms with Crippen molar-refractivity contribution < 1.29 is 19.4 Å². The van der Waals surface area contributed by atoms with E-state index in [1.165, 1.54) is 28.3 Å². The number of benzene rings is 2. The first-order valence-corrected chi connectivity index (χ1v) is 15.9. The van der Waals surface area contributed by atoms with Crippen LogP contribution >= 0.6 is 11.3 Å². The topological polar surface area (TPSA) is 71.9 Å². The quantitative estimate of drug-likeness (QED) is 0.330. The van der Waals surface area contributed by atoms with Crippen LogP contribution in [-0.2, 0) is 4.79 Å². The number of aromatic nitrogens is 1. The molecule has 7 rings (SSSR count). The summed E-state index contributed by atoms with van der Waals surface area (Å²) in [4.78, 5) is 22.0. The second kappa shape index (κ2) is 11.2. The number of aliphatic hydroxyl groups excluding tert-OH is 1. The minimum Gasteiger partial charge on any atom is -0.454 e. The van der Waals surface area contributed by atoms with Crippen molar-refractivity contribution >= 4 is 22.9 Å². The van der Waals surface area contributed by atoms with Gasteiger partial charge >= 0.3 is 0 Å². The molecule has 0 atom stereocenters. The Balaban J connectivity index is 1.08. The summed E-state index contributed by atoms with van der Waals surface area (Å²) in [7, 11) is 0. The molecule has 2 heterocycles. The Kier molecular flexibility index (Phi) is 7.27. The third kappa shape index (κ3) is 5.51. The van der Waals surface area contributed by atoms with Crippen molar-refractivity contribution in [1.82, 2.24) is 4.98 Å². The van der Waals surface area contributed by atoms with E-state index in [1.807, 2.05) is 12.3 Å². The van der Waals surface area contributed by atoms with E-state index in [0.717, 1.165) is 80.7 Å². The molecule has 1 aromatic heterocycles. The van der Waals surface area contributed by atoms with Crippen LogP contribution in [0.25, 0.3) is 10.4 Å². The molecule has 0 bridgehead atoms. The first-order chi connectivity index (χ1) is 19.6. The summed E-state index contributed by atoms with van der Waals surface area (Å²) in [6, 6.07) is 14.9. The molecule has 40 heavy (non-hydrogen) atoms. The predicted octanol–water partition coefficient (Wildman–Crippen LogP) is 7.27. The third-order valence-electron chi connectivity index (χ3n) is 9.36. The van der Waals surface area contributed by atoms with Gasteiger partial charge < -0.3 is 19.5 Å². The zero-order valence-corrected chi connectivity index (χ0v) is 23.8. The molecule has 3 fully saturated rings. The predicted molar refractivity (Wildman–Crippen MR) is 157 cm³/mol. The lowest BCUT2D eigenvalue weighted by atomic mass is 9.78. The van der Waals surface area contributed by atoms with Gasteiger partial charge in [-0.1, -0.05) is 18.2 Å². The molecule has 4 aliphatic rings. The fraction of sp³-hybridized carbons (Fsp3) is 0.515. The van der Waals surface area contributed by atoms with E-state index in [-0.39, 0.29) is 17.9 Å². The van der Waals surface area contributed by atoms with Crippen molar-refractivity contribution in [3.05, 3.63) is 59.2 Å². The number of aliphatic hydroxyl groups is 1. The maximum atomic E-state index is 14.0. The molecule has 2 aromatic carbocycles. The highest BCUT2D eigenvalue weighted by Crippen LogP contribution is 2.44. The summed E-state index contributed by atoms with van der Waals surface area (Å²) in [5.41, 5.74) is 3.47. The summed E-state index contributed by atoms with van der Waals surface area (Å²) < 4.78 is 11.1. The Bertz CT molecular complexity index is 1350. The number of ether oxygens (including phenoxy) is 2. The van der Waals surface area contributed by atoms with E-state index in [2.05, 4.69) is 46.3 Å². The fourth-order valence-electron chi connectivity index (χ4n) is 6.74. The minimum absolute atomic E-state index is 0.0121. The van der Waals surface area contributed by atoms with Gasteiger partial charge in [-0.15, -0.1) is 11.3 Å². The molecular formula is C33H38N2O4S. The molecular weight excluding hydrogens is 520 g/mol. The second-order valence-electron chi connectivity index (χ2n) is 12.2. The number of hydrogen-bond acceptors (Lipinski definition) is 6. The first kappa shape index (κ1) is 26.0. The van der Waals surface area contributed by atoms with Gasteiger partial charge in [0.25, 0.3) is 0 Å². The van der Waals surface area contributed by atoms with E-state index in [0.29, 0.717) is 24.5 Å². The van der Waals surface area contributed by atoms with Crippen molar-refractivity contribution in [2.24, 2.45) is 11.8 Å². The number of carbonyl (C=O) groups is 1. The van der Waals surface area contributed by atoms with Crippen LogP contribution in [0.3, 0.4) is 0 Å². The van der Waals surface area contributed by atoms with Crippen molar-refractivity contribution in [3.8, 4) is 21.9 Å². The maximum absolute atomic E-state index is 14.0. The van der Waals surface area contributed by atoms with Gasteiger partial charge in [0.1, 0.15) is 0 Å². The largest absolute Gasteiger partial charge is 0.454 e. The monoisotopic (exact) mass is 558 g/mol. The van der Waals surface area contributed by atoms with E-state index in [1.54, 1.807) is 11.3 Å². The molecule has 0 unspecified atom stereocenters. The van der Waals surface area contributed by atoms with Crippen molar-refractivity contribution in [2.75, 3.05) is 18.2 Å². The lowest BCUT2D eigenvalue weighted by Gasteiger charge is -2.36. The van der Waals surface area contributed by atoms with Crippen LogP contribution in [0.1, 0.15) is 86.6 Å². The van der Waals surface area contributed by atoms with Crippen LogP contribution < -0.4 is 14.4 Å². The van der Waals surface area contributed by atoms with Crippen LogP contribution in [0, 0.1) is 11.8 Å². The zero-order valence-electron chi connectivity index (χ0n) is 23.0. The van der Waals surface area contributed by atoms with Crippen molar-refractivity contribution in [2.45, 2.75) is 82.1 Å². The van der Waals surface area contributed by atoms with Gasteiger partial charge in [0, 0.05) is 30.3 Å². The Morgan fingerprint density at radius 2 is 1.68 bits per heavy atom. The number of hydrogen-bond donors (Lipinski definition) is 1. The molecule has 3 aliphatic carbocycles. The Hall–Kier alpha value is -2.90. The van der Waals surface area contributed by atoms with Crippen molar-refractivity contribution in [3.63, 3.8) is 0 Å². The normalized spacial score (nSPS) is 26.0. The highest BCUT2D eigenvalue weighted by molar-refractivity contribution is 7.15. The Morgan fingerprint density at radius 3 is 2.48 bits per heavy atom. The summed E-state index contributed by atoms with van der Waals surface area (Å²) >= 11 is 1.80. The van der Waals surface area contributed by atoms with Gasteiger partial charge in [0.2, 0.25) is 12.7 Å². The van der Waals surface area contributed by atoms with Crippen LogP contribution in [-0.4, -0.2) is 35.4 Å². The molecule has 6 nitrogen and oxygen atoms in total. The maximum Gasteiger partial charge on any atom is 0.231 e.